The number of nitrogens with zero attached hydrogens (tertiary/aromatic N) is 3. The first-order valence-corrected chi connectivity index (χ1v) is 12.6. The van der Waals surface area contributed by atoms with E-state index in [2.05, 4.69) is 0 Å². The van der Waals surface area contributed by atoms with E-state index in [-0.39, 0.29) is 24.3 Å². The molecule has 2 N–H and O–H groups in total. The van der Waals surface area contributed by atoms with Crippen molar-refractivity contribution >= 4 is 17.5 Å². The van der Waals surface area contributed by atoms with Gasteiger partial charge in [0.15, 0.2) is 0 Å². The summed E-state index contributed by atoms with van der Waals surface area (Å²) in [6.45, 7) is 1.97. The summed E-state index contributed by atoms with van der Waals surface area (Å²) in [6.07, 6.45) is 3.44. The predicted molar refractivity (Wildman–Crippen MR) is 125 cm³/mol. The van der Waals surface area contributed by atoms with E-state index in [9.17, 15) is 22.8 Å². The Morgan fingerprint density at radius 3 is 2.34 bits per heavy atom. The molecule has 2 heterocycles. The maximum Gasteiger partial charge on any atom is 0.417 e. The number of alkyl halides is 3. The summed E-state index contributed by atoms with van der Waals surface area (Å²) < 4.78 is 40.3. The molecule has 3 aliphatic rings. The molecule has 1 saturated carbocycles. The van der Waals surface area contributed by atoms with Gasteiger partial charge in [0.2, 0.25) is 11.8 Å². The molecule has 0 unspecified atom stereocenters. The Labute approximate surface area is 204 Å². The minimum absolute atomic E-state index is 0.0759. The number of amides is 2. The van der Waals surface area contributed by atoms with E-state index in [0.717, 1.165) is 31.7 Å². The number of carbonyl (C=O) groups excluding carboxylic acids is 2. The van der Waals surface area contributed by atoms with Gasteiger partial charge in [-0.25, -0.2) is 0 Å². The Morgan fingerprint density at radius 2 is 1.74 bits per heavy atom. The molecule has 6 nitrogen and oxygen atoms in total. The second-order valence-corrected chi connectivity index (χ2v) is 10.3. The molecule has 0 radical (unpaired) electrons. The number of halogens is 3. The lowest BCUT2D eigenvalue weighted by Gasteiger charge is -2.37. The van der Waals surface area contributed by atoms with E-state index in [1.165, 1.54) is 31.4 Å². The fourth-order valence-corrected chi connectivity index (χ4v) is 6.22. The van der Waals surface area contributed by atoms with E-state index in [1.807, 2.05) is 4.90 Å². The van der Waals surface area contributed by atoms with Gasteiger partial charge in [-0.05, 0) is 61.6 Å². The van der Waals surface area contributed by atoms with Gasteiger partial charge in [0, 0.05) is 38.3 Å². The zero-order valence-electron chi connectivity index (χ0n) is 19.9. The third-order valence-corrected chi connectivity index (χ3v) is 8.21. The van der Waals surface area contributed by atoms with Crippen LogP contribution in [0.15, 0.2) is 18.2 Å². The molecule has 3 fully saturated rings. The Hall–Kier alpha value is -2.76. The number of anilines is 1. The Morgan fingerprint density at radius 1 is 1.06 bits per heavy atom. The number of rotatable bonds is 5. The molecule has 9 heteroatoms. The average molecular weight is 491 g/mol. The number of hydrogen-bond donors (Lipinski definition) is 1. The smallest absolute Gasteiger partial charge is 0.370 e. The third kappa shape index (κ3) is 5.74. The van der Waals surface area contributed by atoms with Crippen molar-refractivity contribution < 1.29 is 22.8 Å². The van der Waals surface area contributed by atoms with Crippen LogP contribution in [0.2, 0.25) is 0 Å². The highest BCUT2D eigenvalue weighted by molar-refractivity contribution is 5.79. The molecule has 190 valence electrons. The number of nitrogens with two attached hydrogens (primary N) is 1. The van der Waals surface area contributed by atoms with Crippen LogP contribution in [-0.2, 0) is 15.8 Å². The highest BCUT2D eigenvalue weighted by atomic mass is 19.4. The zero-order chi connectivity index (χ0) is 25.2. The molecule has 35 heavy (non-hydrogen) atoms. The maximum absolute atomic E-state index is 13.4. The van der Waals surface area contributed by atoms with Crippen LogP contribution in [0.5, 0.6) is 0 Å². The van der Waals surface area contributed by atoms with Crippen LogP contribution in [-0.4, -0.2) is 42.9 Å². The minimum atomic E-state index is -4.64. The van der Waals surface area contributed by atoms with E-state index in [1.54, 1.807) is 11.0 Å². The van der Waals surface area contributed by atoms with Crippen molar-refractivity contribution in [2.45, 2.75) is 57.5 Å². The predicted octanol–water partition coefficient (Wildman–Crippen LogP) is 4.32. The van der Waals surface area contributed by atoms with Crippen molar-refractivity contribution in [1.82, 2.24) is 4.90 Å². The first-order chi connectivity index (χ1) is 16.7. The summed E-state index contributed by atoms with van der Waals surface area (Å²) in [6, 6.07) is 5.28. The number of primary amides is 1. The van der Waals surface area contributed by atoms with Gasteiger partial charge in [0.1, 0.15) is 0 Å². The number of benzene rings is 1. The number of hydrogen-bond acceptors (Lipinski definition) is 4. The van der Waals surface area contributed by atoms with E-state index < -0.39 is 29.1 Å². The van der Waals surface area contributed by atoms with Crippen LogP contribution in [0.4, 0.5) is 18.9 Å². The van der Waals surface area contributed by atoms with Crippen molar-refractivity contribution in [3.8, 4) is 6.07 Å². The topological polar surface area (TPSA) is 90.4 Å². The SMILES string of the molecule is N#Cc1ccc(N2C[C@@H](C(N)=O)[C@H](C3CCN(C(=O)CC4CCCCC4)CC3)C2)cc1C(F)(F)F. The van der Waals surface area contributed by atoms with Gasteiger partial charge in [-0.3, -0.25) is 9.59 Å². The number of nitriles is 1. The molecule has 2 amide bonds. The van der Waals surface area contributed by atoms with Gasteiger partial charge in [-0.2, -0.15) is 18.4 Å². The standard InChI is InChI=1S/C26H33F3N4O2/c27-26(28,29)23-13-20(7-6-19(23)14-30)33-15-21(22(16-33)25(31)35)18-8-10-32(11-9-18)24(34)12-17-4-2-1-3-5-17/h6-7,13,17-18,21-22H,1-5,8-12,15-16H2,(H2,31,35)/t21-,22+/m0/s1. The Kier molecular flexibility index (Phi) is 7.58. The molecule has 4 rings (SSSR count). The molecule has 0 spiro atoms. The average Bonchev–Trinajstić information content (AvgIpc) is 3.30. The van der Waals surface area contributed by atoms with E-state index >= 15 is 0 Å². The molecule has 1 aliphatic carbocycles. The van der Waals surface area contributed by atoms with Gasteiger partial charge >= 0.3 is 6.18 Å². The van der Waals surface area contributed by atoms with Crippen LogP contribution in [0.1, 0.15) is 62.5 Å². The molecule has 2 aliphatic heterocycles. The summed E-state index contributed by atoms with van der Waals surface area (Å²) in [4.78, 5) is 28.8. The van der Waals surface area contributed by atoms with Crippen molar-refractivity contribution in [2.75, 3.05) is 31.1 Å². The second-order valence-electron chi connectivity index (χ2n) is 10.3. The molecule has 1 aromatic rings. The Bertz CT molecular complexity index is 976. The van der Waals surface area contributed by atoms with Crippen molar-refractivity contribution in [1.29, 1.82) is 5.26 Å². The first-order valence-electron chi connectivity index (χ1n) is 12.6. The monoisotopic (exact) mass is 490 g/mol. The zero-order valence-corrected chi connectivity index (χ0v) is 19.9. The fourth-order valence-electron chi connectivity index (χ4n) is 6.22. The summed E-state index contributed by atoms with van der Waals surface area (Å²) in [7, 11) is 0. The number of likely N-dealkylation sites (tertiary alicyclic amines) is 1. The first kappa shape index (κ1) is 25.3. The van der Waals surface area contributed by atoms with Crippen LogP contribution in [0.25, 0.3) is 0 Å². The third-order valence-electron chi connectivity index (χ3n) is 8.21. The summed E-state index contributed by atoms with van der Waals surface area (Å²) in [5.41, 5.74) is 4.65. The lowest BCUT2D eigenvalue weighted by molar-refractivity contribution is -0.137. The molecule has 2 saturated heterocycles. The molecular formula is C26H33F3N4O2. The molecule has 0 aromatic heterocycles. The number of piperidine rings is 1. The molecule has 0 bridgehead atoms. The Balaban J connectivity index is 1.41. The molecular weight excluding hydrogens is 457 g/mol. The molecule has 2 atom stereocenters. The maximum atomic E-state index is 13.4. The summed E-state index contributed by atoms with van der Waals surface area (Å²) in [5, 5.41) is 9.06. The van der Waals surface area contributed by atoms with Crippen molar-refractivity contribution in [3.05, 3.63) is 29.3 Å². The van der Waals surface area contributed by atoms with Gasteiger partial charge in [-0.15, -0.1) is 0 Å². The number of carbonyl (C=O) groups is 2. The van der Waals surface area contributed by atoms with Crippen LogP contribution < -0.4 is 10.6 Å². The highest BCUT2D eigenvalue weighted by Gasteiger charge is 2.43. The largest absolute Gasteiger partial charge is 0.417 e. The lowest BCUT2D eigenvalue weighted by Crippen LogP contribution is -2.43. The van der Waals surface area contributed by atoms with Gasteiger partial charge in [0.05, 0.1) is 23.1 Å². The highest BCUT2D eigenvalue weighted by Crippen LogP contribution is 2.40. The summed E-state index contributed by atoms with van der Waals surface area (Å²) >= 11 is 0. The van der Waals surface area contributed by atoms with Gasteiger partial charge < -0.3 is 15.5 Å². The normalized spacial score (nSPS) is 24.4. The van der Waals surface area contributed by atoms with Crippen molar-refractivity contribution in [3.63, 3.8) is 0 Å². The molecule has 1 aromatic carbocycles. The van der Waals surface area contributed by atoms with Crippen LogP contribution in [0.3, 0.4) is 0 Å². The fraction of sp³-hybridized carbons (Fsp3) is 0.654. The van der Waals surface area contributed by atoms with Gasteiger partial charge in [-0.1, -0.05) is 19.3 Å². The van der Waals surface area contributed by atoms with E-state index in [4.69, 9.17) is 11.0 Å². The van der Waals surface area contributed by atoms with Crippen LogP contribution >= 0.6 is 0 Å². The van der Waals surface area contributed by atoms with Crippen LogP contribution in [0, 0.1) is 35.0 Å². The lowest BCUT2D eigenvalue weighted by atomic mass is 9.78. The quantitative estimate of drug-likeness (QED) is 0.666. The minimum Gasteiger partial charge on any atom is -0.370 e. The van der Waals surface area contributed by atoms with Crippen molar-refractivity contribution in [2.24, 2.45) is 29.4 Å². The summed E-state index contributed by atoms with van der Waals surface area (Å²) in [5.74, 6) is -0.102. The van der Waals surface area contributed by atoms with E-state index in [0.29, 0.717) is 37.7 Å². The second kappa shape index (κ2) is 10.5. The van der Waals surface area contributed by atoms with Gasteiger partial charge in [0.25, 0.3) is 0 Å².